The summed E-state index contributed by atoms with van der Waals surface area (Å²) < 4.78 is 49.8. The minimum atomic E-state index is -4.67. The Balaban J connectivity index is 2.53. The third kappa shape index (κ3) is 2.71. The zero-order chi connectivity index (χ0) is 12.3. The fourth-order valence-electron chi connectivity index (χ4n) is 0.945. The number of amides is 1. The van der Waals surface area contributed by atoms with Crippen molar-refractivity contribution in [1.82, 2.24) is 15.1 Å². The first-order chi connectivity index (χ1) is 7.34. The van der Waals surface area contributed by atoms with Gasteiger partial charge in [-0.15, -0.1) is 0 Å². The highest BCUT2D eigenvalue weighted by atomic mass is 19.3. The Morgan fingerprint density at radius 2 is 2.25 bits per heavy atom. The summed E-state index contributed by atoms with van der Waals surface area (Å²) in [7, 11) is 1.60. The van der Waals surface area contributed by atoms with Crippen LogP contribution in [-0.2, 0) is 18.4 Å². The van der Waals surface area contributed by atoms with Crippen molar-refractivity contribution >= 4 is 5.91 Å². The number of aryl methyl sites for hydroxylation is 1. The van der Waals surface area contributed by atoms with Crippen LogP contribution < -0.4 is 5.32 Å². The van der Waals surface area contributed by atoms with Crippen LogP contribution in [0, 0.1) is 0 Å². The predicted octanol–water partition coefficient (Wildman–Crippen LogP) is 0.937. The SMILES string of the molecule is Cn1ccc(CNC(=O)C(F)(F)C(F)F)n1. The lowest BCUT2D eigenvalue weighted by Crippen LogP contribution is -2.44. The topological polar surface area (TPSA) is 46.9 Å². The van der Waals surface area contributed by atoms with Gasteiger partial charge in [0.2, 0.25) is 0 Å². The van der Waals surface area contributed by atoms with E-state index in [9.17, 15) is 22.4 Å². The van der Waals surface area contributed by atoms with Crippen molar-refractivity contribution in [1.29, 1.82) is 0 Å². The van der Waals surface area contributed by atoms with Crippen LogP contribution in [0.3, 0.4) is 0 Å². The van der Waals surface area contributed by atoms with Gasteiger partial charge in [0.05, 0.1) is 12.2 Å². The van der Waals surface area contributed by atoms with Crippen LogP contribution in [0.15, 0.2) is 12.3 Å². The molecule has 1 aromatic rings. The fourth-order valence-corrected chi connectivity index (χ4v) is 0.945. The Labute approximate surface area is 88.2 Å². The van der Waals surface area contributed by atoms with E-state index in [1.165, 1.54) is 16.9 Å². The average Bonchev–Trinajstić information content (AvgIpc) is 2.60. The molecule has 0 unspecified atom stereocenters. The monoisotopic (exact) mass is 239 g/mol. The van der Waals surface area contributed by atoms with Crippen molar-refractivity contribution in [3.05, 3.63) is 18.0 Å². The van der Waals surface area contributed by atoms with Gasteiger partial charge in [-0.2, -0.15) is 13.9 Å². The summed E-state index contributed by atoms with van der Waals surface area (Å²) >= 11 is 0. The predicted molar refractivity (Wildman–Crippen MR) is 46.0 cm³/mol. The maximum atomic E-state index is 12.5. The van der Waals surface area contributed by atoms with Gasteiger partial charge in [-0.3, -0.25) is 9.48 Å². The summed E-state index contributed by atoms with van der Waals surface area (Å²) in [5.74, 6) is -6.68. The van der Waals surface area contributed by atoms with Crippen LogP contribution in [0.5, 0.6) is 0 Å². The van der Waals surface area contributed by atoms with Gasteiger partial charge >= 0.3 is 12.3 Å². The Morgan fingerprint density at radius 3 is 2.69 bits per heavy atom. The lowest BCUT2D eigenvalue weighted by molar-refractivity contribution is -0.169. The maximum Gasteiger partial charge on any atom is 0.383 e. The van der Waals surface area contributed by atoms with Crippen molar-refractivity contribution in [2.24, 2.45) is 7.05 Å². The third-order valence-corrected chi connectivity index (χ3v) is 1.78. The number of halogens is 4. The van der Waals surface area contributed by atoms with E-state index in [0.29, 0.717) is 5.69 Å². The van der Waals surface area contributed by atoms with Gasteiger partial charge in [0.25, 0.3) is 5.91 Å². The van der Waals surface area contributed by atoms with Gasteiger partial charge in [0.15, 0.2) is 0 Å². The standard InChI is InChI=1S/C8H9F4N3O/c1-15-3-2-5(14-15)4-13-7(16)8(11,12)6(9)10/h2-3,6H,4H2,1H3,(H,13,16). The molecule has 1 rings (SSSR count). The molecule has 1 heterocycles. The highest BCUT2D eigenvalue weighted by Gasteiger charge is 2.48. The zero-order valence-electron chi connectivity index (χ0n) is 8.25. The molecule has 0 aliphatic carbocycles. The molecule has 0 saturated carbocycles. The molecule has 1 aromatic heterocycles. The maximum absolute atomic E-state index is 12.5. The molecular weight excluding hydrogens is 230 g/mol. The molecule has 4 nitrogen and oxygen atoms in total. The van der Waals surface area contributed by atoms with E-state index in [1.54, 1.807) is 12.4 Å². The fraction of sp³-hybridized carbons (Fsp3) is 0.500. The molecule has 1 N–H and O–H groups in total. The number of nitrogens with one attached hydrogen (secondary N) is 1. The summed E-state index contributed by atoms with van der Waals surface area (Å²) in [6.07, 6.45) is -2.48. The van der Waals surface area contributed by atoms with Crippen molar-refractivity contribution in [3.63, 3.8) is 0 Å². The Morgan fingerprint density at radius 1 is 1.62 bits per heavy atom. The molecule has 16 heavy (non-hydrogen) atoms. The first-order valence-corrected chi connectivity index (χ1v) is 4.27. The molecule has 1 amide bonds. The Hall–Kier alpha value is -1.60. The van der Waals surface area contributed by atoms with E-state index in [0.717, 1.165) is 0 Å². The van der Waals surface area contributed by atoms with Gasteiger partial charge in [0, 0.05) is 13.2 Å². The molecule has 0 saturated heterocycles. The Kier molecular flexibility index (Phi) is 3.51. The molecule has 8 heteroatoms. The van der Waals surface area contributed by atoms with Crippen LogP contribution in [-0.4, -0.2) is 28.0 Å². The van der Waals surface area contributed by atoms with Crippen molar-refractivity contribution in [3.8, 4) is 0 Å². The highest BCUT2D eigenvalue weighted by molar-refractivity contribution is 5.83. The van der Waals surface area contributed by atoms with Gasteiger partial charge in [-0.25, -0.2) is 8.78 Å². The number of alkyl halides is 4. The summed E-state index contributed by atoms with van der Waals surface area (Å²) in [4.78, 5) is 10.7. The largest absolute Gasteiger partial charge is 0.383 e. The van der Waals surface area contributed by atoms with Gasteiger partial charge in [-0.1, -0.05) is 0 Å². The van der Waals surface area contributed by atoms with E-state index >= 15 is 0 Å². The smallest absolute Gasteiger partial charge is 0.345 e. The lowest BCUT2D eigenvalue weighted by atomic mass is 10.3. The summed E-state index contributed by atoms with van der Waals surface area (Å²) in [5, 5.41) is 5.47. The minimum Gasteiger partial charge on any atom is -0.345 e. The second-order valence-electron chi connectivity index (χ2n) is 3.09. The molecule has 0 radical (unpaired) electrons. The average molecular weight is 239 g/mol. The molecular formula is C8H9F4N3O. The number of carbonyl (C=O) groups excluding carboxylic acids is 1. The molecule has 0 bridgehead atoms. The van der Waals surface area contributed by atoms with Crippen LogP contribution in [0.25, 0.3) is 0 Å². The van der Waals surface area contributed by atoms with E-state index in [2.05, 4.69) is 5.10 Å². The second kappa shape index (κ2) is 4.50. The van der Waals surface area contributed by atoms with Crippen LogP contribution in [0.1, 0.15) is 5.69 Å². The van der Waals surface area contributed by atoms with Crippen LogP contribution >= 0.6 is 0 Å². The summed E-state index contributed by atoms with van der Waals surface area (Å²) in [6, 6.07) is 1.47. The molecule has 0 fully saturated rings. The first-order valence-electron chi connectivity index (χ1n) is 4.27. The van der Waals surface area contributed by atoms with Crippen LogP contribution in [0.2, 0.25) is 0 Å². The van der Waals surface area contributed by atoms with E-state index in [1.807, 2.05) is 0 Å². The quantitative estimate of drug-likeness (QED) is 0.795. The number of hydrogen-bond donors (Lipinski definition) is 1. The third-order valence-electron chi connectivity index (χ3n) is 1.78. The van der Waals surface area contributed by atoms with Gasteiger partial charge < -0.3 is 5.32 Å². The van der Waals surface area contributed by atoms with Gasteiger partial charge in [0.1, 0.15) is 0 Å². The molecule has 0 aliphatic rings. The number of rotatable bonds is 4. The second-order valence-corrected chi connectivity index (χ2v) is 3.09. The molecule has 0 aromatic carbocycles. The zero-order valence-corrected chi connectivity index (χ0v) is 8.25. The lowest BCUT2D eigenvalue weighted by Gasteiger charge is -2.13. The number of hydrogen-bond acceptors (Lipinski definition) is 2. The summed E-state index contributed by atoms with van der Waals surface area (Å²) in [6.45, 7) is -0.317. The van der Waals surface area contributed by atoms with E-state index in [4.69, 9.17) is 0 Å². The molecule has 0 atom stereocenters. The van der Waals surface area contributed by atoms with Gasteiger partial charge in [-0.05, 0) is 6.07 Å². The molecule has 0 aliphatic heterocycles. The Bertz CT molecular complexity index is 377. The highest BCUT2D eigenvalue weighted by Crippen LogP contribution is 2.22. The van der Waals surface area contributed by atoms with Crippen molar-refractivity contribution < 1.29 is 22.4 Å². The minimum absolute atomic E-state index is 0.306. The number of aromatic nitrogens is 2. The van der Waals surface area contributed by atoms with Crippen molar-refractivity contribution in [2.75, 3.05) is 0 Å². The van der Waals surface area contributed by atoms with Crippen LogP contribution in [0.4, 0.5) is 17.6 Å². The van der Waals surface area contributed by atoms with Crippen molar-refractivity contribution in [2.45, 2.75) is 18.9 Å². The van der Waals surface area contributed by atoms with E-state index in [-0.39, 0.29) is 6.54 Å². The number of carbonyl (C=O) groups is 1. The molecule has 0 spiro atoms. The first kappa shape index (κ1) is 12.5. The summed E-state index contributed by atoms with van der Waals surface area (Å²) in [5.41, 5.74) is 0.306. The molecule has 90 valence electrons. The normalized spacial score (nSPS) is 11.9. The van der Waals surface area contributed by atoms with E-state index < -0.39 is 18.3 Å². The number of nitrogens with zero attached hydrogens (tertiary/aromatic N) is 2.